The van der Waals surface area contributed by atoms with Crippen LogP contribution >= 0.6 is 0 Å². The van der Waals surface area contributed by atoms with Crippen molar-refractivity contribution in [3.05, 3.63) is 112 Å². The number of hydrogen-bond acceptors (Lipinski definition) is 10. The first-order valence-electron chi connectivity index (χ1n) is 18.3. The zero-order valence-electron chi connectivity index (χ0n) is 29.0. The van der Waals surface area contributed by atoms with Crippen molar-refractivity contribution in [2.24, 2.45) is 5.92 Å². The number of amides is 2. The van der Waals surface area contributed by atoms with Crippen molar-refractivity contribution >= 4 is 23.1 Å². The summed E-state index contributed by atoms with van der Waals surface area (Å²) >= 11 is 0. The minimum absolute atomic E-state index is 0.148. The number of β-amino-alcohol motifs (C(OH)–C–C–N with tert-alkyl or cyclic N) is 1. The minimum atomic E-state index is -1.03. The van der Waals surface area contributed by atoms with Gasteiger partial charge in [-0.25, -0.2) is 9.97 Å². The van der Waals surface area contributed by atoms with Crippen LogP contribution in [-0.4, -0.2) is 57.8 Å². The summed E-state index contributed by atoms with van der Waals surface area (Å²) in [5.41, 5.74) is 8.40. The Bertz CT molecular complexity index is 2450. The van der Waals surface area contributed by atoms with Crippen LogP contribution in [-0.2, 0) is 27.8 Å². The first kappa shape index (κ1) is 30.9. The van der Waals surface area contributed by atoms with Gasteiger partial charge < -0.3 is 39.9 Å². The normalized spacial score (nSPS) is 26.8. The maximum absolute atomic E-state index is 14.2. The SMILES string of the molecule is CC(C)C1NC(=O)C(NC(=O)[C@@H]2C[C@@H](O)CN2)Cc2ccc3c(c2)C24c5cccc(c5N[C@H]2O3)-c2cccc3c2C(=CC3)c2cnc(o2)-c2nc1oc24. The van der Waals surface area contributed by atoms with E-state index in [1.165, 1.54) is 5.56 Å². The number of fused-ring (bicyclic) bond motifs is 7. The second-order valence-electron chi connectivity index (χ2n) is 15.3. The molecule has 3 unspecified atom stereocenters. The number of allylic oxidation sites excluding steroid dienone is 1. The number of aromatic nitrogens is 2. The predicted molar refractivity (Wildman–Crippen MR) is 193 cm³/mol. The van der Waals surface area contributed by atoms with Crippen LogP contribution in [0.5, 0.6) is 5.75 Å². The lowest BCUT2D eigenvalue weighted by atomic mass is 9.72. The molecule has 6 atom stereocenters. The maximum Gasteiger partial charge on any atom is 0.249 e. The van der Waals surface area contributed by atoms with Crippen LogP contribution in [0.15, 0.2) is 75.7 Å². The molecule has 5 aromatic rings. The molecule has 0 saturated carbocycles. The van der Waals surface area contributed by atoms with Gasteiger partial charge in [0.25, 0.3) is 0 Å². The lowest BCUT2D eigenvalue weighted by Gasteiger charge is -2.29. The van der Waals surface area contributed by atoms with Gasteiger partial charge in [0.2, 0.25) is 23.6 Å². The maximum atomic E-state index is 14.2. The molecule has 12 heteroatoms. The van der Waals surface area contributed by atoms with Gasteiger partial charge in [-0.15, -0.1) is 0 Å². The lowest BCUT2D eigenvalue weighted by molar-refractivity contribution is -0.130. The summed E-state index contributed by atoms with van der Waals surface area (Å²) < 4.78 is 20.5. The number of nitrogens with zero attached hydrogens (tertiary/aromatic N) is 2. The Balaban J connectivity index is 1.17. The zero-order chi connectivity index (χ0) is 35.7. The second kappa shape index (κ2) is 10.9. The third kappa shape index (κ3) is 4.24. The monoisotopic (exact) mass is 708 g/mol. The van der Waals surface area contributed by atoms with Crippen molar-refractivity contribution in [3.8, 4) is 28.5 Å². The van der Waals surface area contributed by atoms with Crippen LogP contribution in [0.2, 0.25) is 0 Å². The highest BCUT2D eigenvalue weighted by Gasteiger charge is 2.61. The molecule has 6 aliphatic rings. The second-order valence-corrected chi connectivity index (χ2v) is 15.3. The summed E-state index contributed by atoms with van der Waals surface area (Å²) in [5, 5.41) is 23.1. The largest absolute Gasteiger partial charge is 0.469 e. The fourth-order valence-corrected chi connectivity index (χ4v) is 9.29. The molecule has 266 valence electrons. The number of aliphatic hydroxyl groups excluding tert-OH is 1. The first-order chi connectivity index (χ1) is 25.8. The molecule has 2 amide bonds. The lowest BCUT2D eigenvalue weighted by Crippen LogP contribution is -2.53. The van der Waals surface area contributed by atoms with E-state index in [1.54, 1.807) is 6.20 Å². The van der Waals surface area contributed by atoms with E-state index in [9.17, 15) is 14.7 Å². The van der Waals surface area contributed by atoms with Crippen LogP contribution < -0.4 is 26.0 Å². The van der Waals surface area contributed by atoms with Gasteiger partial charge >= 0.3 is 0 Å². The van der Waals surface area contributed by atoms with E-state index in [-0.39, 0.29) is 30.6 Å². The quantitative estimate of drug-likeness (QED) is 0.182. The smallest absolute Gasteiger partial charge is 0.249 e. The van der Waals surface area contributed by atoms with Crippen LogP contribution in [0.25, 0.3) is 28.3 Å². The van der Waals surface area contributed by atoms with E-state index in [2.05, 4.69) is 69.8 Å². The third-order valence-electron chi connectivity index (χ3n) is 11.8. The Labute approximate surface area is 304 Å². The van der Waals surface area contributed by atoms with Gasteiger partial charge in [0, 0.05) is 40.9 Å². The van der Waals surface area contributed by atoms with E-state index in [1.807, 2.05) is 26.0 Å². The Kier molecular flexibility index (Phi) is 6.35. The number of nitrogens with one attached hydrogen (secondary N) is 4. The van der Waals surface area contributed by atoms with Crippen molar-refractivity contribution in [2.45, 2.75) is 69.0 Å². The average Bonchev–Trinajstić information content (AvgIpc) is 3.99. The van der Waals surface area contributed by atoms with Crippen LogP contribution in [0.1, 0.15) is 71.5 Å². The van der Waals surface area contributed by atoms with Gasteiger partial charge in [-0.1, -0.05) is 68.5 Å². The average molecular weight is 709 g/mol. The van der Waals surface area contributed by atoms with Crippen LogP contribution in [0.4, 0.5) is 5.69 Å². The van der Waals surface area contributed by atoms with Crippen LogP contribution in [0.3, 0.4) is 0 Å². The zero-order valence-corrected chi connectivity index (χ0v) is 29.0. The summed E-state index contributed by atoms with van der Waals surface area (Å²) in [6.07, 6.45) is 3.98. The van der Waals surface area contributed by atoms with Gasteiger partial charge in [-0.05, 0) is 47.1 Å². The number of rotatable bonds is 3. The molecule has 10 bridgehead atoms. The number of anilines is 1. The van der Waals surface area contributed by atoms with Gasteiger partial charge in [0.15, 0.2) is 23.4 Å². The number of aliphatic hydroxyl groups is 1. The number of ether oxygens (including phenoxy) is 1. The molecule has 1 spiro atoms. The molecule has 1 saturated heterocycles. The van der Waals surface area contributed by atoms with E-state index < -0.39 is 35.9 Å². The van der Waals surface area contributed by atoms with Crippen molar-refractivity contribution in [3.63, 3.8) is 0 Å². The number of oxazole rings is 2. The number of carbonyl (C=O) groups excluding carboxylic acids is 2. The molecule has 5 N–H and O–H groups in total. The first-order valence-corrected chi connectivity index (χ1v) is 18.3. The van der Waals surface area contributed by atoms with Gasteiger partial charge in [0.1, 0.15) is 23.2 Å². The number of hydrogen-bond donors (Lipinski definition) is 5. The van der Waals surface area contributed by atoms with Crippen molar-refractivity contribution in [1.82, 2.24) is 25.9 Å². The van der Waals surface area contributed by atoms with Crippen molar-refractivity contribution < 1.29 is 28.3 Å². The highest BCUT2D eigenvalue weighted by atomic mass is 16.5. The summed E-state index contributed by atoms with van der Waals surface area (Å²) in [6, 6.07) is 16.5. The number of para-hydroxylation sites is 1. The highest BCUT2D eigenvalue weighted by Crippen LogP contribution is 2.61. The summed E-state index contributed by atoms with van der Waals surface area (Å²) in [4.78, 5) is 37.7. The Morgan fingerprint density at radius 2 is 1.92 bits per heavy atom. The molecule has 11 rings (SSSR count). The van der Waals surface area contributed by atoms with Crippen LogP contribution in [0, 0.1) is 5.92 Å². The predicted octanol–water partition coefficient (Wildman–Crippen LogP) is 4.35. The molecule has 12 nitrogen and oxygen atoms in total. The topological polar surface area (TPSA) is 164 Å². The molecule has 5 aliphatic heterocycles. The standard InChI is InChI=1S/C41H36N6O6/c1-18(2)32-39-46-34-35(53-39)41-25-8-4-7-23(22-6-3-5-20-10-11-24(31(20)22)30-17-43-38(34)51-30)33(25)47-40(41)52-29-12-9-19(13-26(29)41)14-28(37(50)45-32)44-36(49)27-15-21(48)16-42-27/h3-9,11-13,17-18,21,27-28,32,40,42,47-48H,10,14-16H2,1-2H3,(H,44,49)(H,45,50)/t21-,27+,28?,32?,40+,41?/m1/s1. The molecule has 2 aromatic heterocycles. The number of benzene rings is 3. The molecule has 7 heterocycles. The molecular formula is C41H36N6O6. The van der Waals surface area contributed by atoms with Gasteiger partial charge in [-0.2, -0.15) is 0 Å². The van der Waals surface area contributed by atoms with E-state index in [0.29, 0.717) is 41.3 Å². The molecule has 1 fully saturated rings. The minimum Gasteiger partial charge on any atom is -0.469 e. The van der Waals surface area contributed by atoms with Crippen molar-refractivity contribution in [2.75, 3.05) is 11.9 Å². The highest BCUT2D eigenvalue weighted by molar-refractivity contribution is 5.97. The Hall–Kier alpha value is -5.72. The van der Waals surface area contributed by atoms with Crippen molar-refractivity contribution in [1.29, 1.82) is 0 Å². The number of carbonyl (C=O) groups is 2. The van der Waals surface area contributed by atoms with E-state index in [0.717, 1.165) is 51.1 Å². The fraction of sp³-hybridized carbons (Fsp3) is 0.317. The summed E-state index contributed by atoms with van der Waals surface area (Å²) in [6.45, 7) is 4.30. The Morgan fingerprint density at radius 3 is 2.77 bits per heavy atom. The Morgan fingerprint density at radius 1 is 1.06 bits per heavy atom. The van der Waals surface area contributed by atoms with Gasteiger partial charge in [-0.3, -0.25) is 9.59 Å². The van der Waals surface area contributed by atoms with Gasteiger partial charge in [0.05, 0.1) is 18.3 Å². The molecule has 3 aromatic carbocycles. The molecule has 53 heavy (non-hydrogen) atoms. The summed E-state index contributed by atoms with van der Waals surface area (Å²) in [7, 11) is 0. The molecular weight excluding hydrogens is 672 g/mol. The molecule has 0 radical (unpaired) electrons. The fourth-order valence-electron chi connectivity index (χ4n) is 9.29. The van der Waals surface area contributed by atoms with E-state index in [4.69, 9.17) is 23.5 Å². The third-order valence-corrected chi connectivity index (χ3v) is 11.8. The van der Waals surface area contributed by atoms with E-state index >= 15 is 0 Å². The molecule has 1 aliphatic carbocycles. The summed E-state index contributed by atoms with van der Waals surface area (Å²) in [5.74, 6) is 1.56.